The Hall–Kier alpha value is -4.32. The van der Waals surface area contributed by atoms with Gasteiger partial charge in [0.05, 0.1) is 18.9 Å². The van der Waals surface area contributed by atoms with Gasteiger partial charge in [0.1, 0.15) is 17.1 Å². The van der Waals surface area contributed by atoms with Gasteiger partial charge in [-0.05, 0) is 79.4 Å². The number of hydrogen-bond donors (Lipinski definition) is 2. The van der Waals surface area contributed by atoms with Gasteiger partial charge in [-0.25, -0.2) is 0 Å². The van der Waals surface area contributed by atoms with Crippen LogP contribution in [0.2, 0.25) is 0 Å². The lowest BCUT2D eigenvalue weighted by atomic mass is 9.94. The second kappa shape index (κ2) is 13.0. The van der Waals surface area contributed by atoms with Crippen molar-refractivity contribution >= 4 is 22.7 Å². The smallest absolute Gasteiger partial charge is 0.310 e. The molecule has 0 amide bonds. The summed E-state index contributed by atoms with van der Waals surface area (Å²) in [6.07, 6.45) is 0.754. The Morgan fingerprint density at radius 2 is 1.26 bits per heavy atom. The van der Waals surface area contributed by atoms with Crippen LogP contribution in [0.3, 0.4) is 0 Å². The quantitative estimate of drug-likeness (QED) is 0.237. The molecule has 204 valence electrons. The Morgan fingerprint density at radius 3 is 1.85 bits per heavy atom. The van der Waals surface area contributed by atoms with Gasteiger partial charge in [-0.1, -0.05) is 66.7 Å². The molecule has 0 radical (unpaired) electrons. The van der Waals surface area contributed by atoms with E-state index in [0.717, 1.165) is 45.4 Å². The van der Waals surface area contributed by atoms with Crippen molar-refractivity contribution in [2.24, 2.45) is 0 Å². The lowest BCUT2D eigenvalue weighted by molar-refractivity contribution is -0.139. The van der Waals surface area contributed by atoms with Crippen LogP contribution in [0.15, 0.2) is 91.0 Å². The molecule has 0 bridgehead atoms. The maximum Gasteiger partial charge on any atom is 0.310 e. The Morgan fingerprint density at radius 1 is 0.718 bits per heavy atom. The average molecular weight is 529 g/mol. The number of hydrogen-bond acceptors (Lipinski definition) is 4. The average Bonchev–Trinajstić information content (AvgIpc) is 2.92. The fourth-order valence-electron chi connectivity index (χ4n) is 4.18. The molecule has 39 heavy (non-hydrogen) atoms. The van der Waals surface area contributed by atoms with E-state index in [1.54, 1.807) is 21.0 Å². The van der Waals surface area contributed by atoms with Gasteiger partial charge in [-0.3, -0.25) is 9.59 Å². The minimum atomic E-state index is -0.808. The Bertz CT molecular complexity index is 1390. The molecule has 0 aliphatic rings. The van der Waals surface area contributed by atoms with Crippen molar-refractivity contribution in [1.82, 2.24) is 0 Å². The third-order valence-electron chi connectivity index (χ3n) is 6.56. The van der Waals surface area contributed by atoms with Crippen LogP contribution in [-0.4, -0.2) is 34.9 Å². The molecule has 0 saturated heterocycles. The first-order chi connectivity index (χ1) is 18.5. The maximum absolute atomic E-state index is 11.0. The summed E-state index contributed by atoms with van der Waals surface area (Å²) < 4.78 is 11.2. The summed E-state index contributed by atoms with van der Waals surface area (Å²) in [4.78, 5) is 21.9. The summed E-state index contributed by atoms with van der Waals surface area (Å²) >= 11 is 0. The van der Waals surface area contributed by atoms with Crippen LogP contribution < -0.4 is 9.47 Å². The highest BCUT2D eigenvalue weighted by Crippen LogP contribution is 2.26. The first kappa shape index (κ1) is 29.2. The van der Waals surface area contributed by atoms with E-state index in [9.17, 15) is 9.59 Å². The van der Waals surface area contributed by atoms with Crippen molar-refractivity contribution < 1.29 is 29.3 Å². The number of aliphatic carboxylic acids is 2. The number of rotatable bonds is 9. The molecule has 4 aromatic rings. The van der Waals surface area contributed by atoms with E-state index in [0.29, 0.717) is 0 Å². The van der Waals surface area contributed by atoms with Gasteiger partial charge in [0.2, 0.25) is 0 Å². The van der Waals surface area contributed by atoms with E-state index < -0.39 is 23.8 Å². The first-order valence-corrected chi connectivity index (χ1v) is 12.9. The highest BCUT2D eigenvalue weighted by atomic mass is 16.5. The SMILES string of the molecule is CC(C(=O)O)c1ccc(CC(C)(C)Oc2ccccc2)cc1.COc1ccc2cc([C@H](C)C(=O)O)ccc2c1. The van der Waals surface area contributed by atoms with E-state index >= 15 is 0 Å². The molecule has 6 nitrogen and oxygen atoms in total. The van der Waals surface area contributed by atoms with Crippen LogP contribution in [0.5, 0.6) is 11.5 Å². The molecule has 2 atom stereocenters. The van der Waals surface area contributed by atoms with E-state index in [1.807, 2.05) is 105 Å². The molecule has 0 fully saturated rings. The Balaban J connectivity index is 0.000000223. The van der Waals surface area contributed by atoms with Crippen LogP contribution in [0, 0.1) is 0 Å². The molecule has 0 aliphatic carbocycles. The second-order valence-corrected chi connectivity index (χ2v) is 10.2. The number of para-hydroxylation sites is 1. The van der Waals surface area contributed by atoms with E-state index in [1.165, 1.54) is 0 Å². The highest BCUT2D eigenvalue weighted by Gasteiger charge is 2.21. The third-order valence-corrected chi connectivity index (χ3v) is 6.56. The molecule has 4 rings (SSSR count). The summed E-state index contributed by atoms with van der Waals surface area (Å²) in [6.45, 7) is 7.48. The Labute approximate surface area is 229 Å². The molecule has 0 saturated carbocycles. The van der Waals surface area contributed by atoms with Crippen molar-refractivity contribution in [3.05, 3.63) is 108 Å². The van der Waals surface area contributed by atoms with Gasteiger partial charge < -0.3 is 19.7 Å². The molecule has 0 spiro atoms. The van der Waals surface area contributed by atoms with Crippen molar-refractivity contribution in [1.29, 1.82) is 0 Å². The second-order valence-electron chi connectivity index (χ2n) is 10.2. The van der Waals surface area contributed by atoms with Crippen LogP contribution >= 0.6 is 0 Å². The number of carboxylic acids is 2. The summed E-state index contributed by atoms with van der Waals surface area (Å²) in [5.41, 5.74) is 2.43. The van der Waals surface area contributed by atoms with Gasteiger partial charge in [0, 0.05) is 6.42 Å². The zero-order valence-corrected chi connectivity index (χ0v) is 23.0. The van der Waals surface area contributed by atoms with E-state index in [4.69, 9.17) is 19.7 Å². The number of carboxylic acid groups (broad SMARTS) is 2. The number of fused-ring (bicyclic) bond motifs is 1. The van der Waals surface area contributed by atoms with Crippen LogP contribution in [0.1, 0.15) is 56.2 Å². The first-order valence-electron chi connectivity index (χ1n) is 12.9. The van der Waals surface area contributed by atoms with Crippen molar-refractivity contribution in [3.63, 3.8) is 0 Å². The van der Waals surface area contributed by atoms with Crippen molar-refractivity contribution in [2.45, 2.75) is 51.6 Å². The van der Waals surface area contributed by atoms with Crippen LogP contribution in [0.25, 0.3) is 10.8 Å². The van der Waals surface area contributed by atoms with Gasteiger partial charge in [-0.15, -0.1) is 0 Å². The summed E-state index contributed by atoms with van der Waals surface area (Å²) in [5.74, 6) is -0.928. The van der Waals surface area contributed by atoms with Gasteiger partial charge in [-0.2, -0.15) is 0 Å². The highest BCUT2D eigenvalue weighted by molar-refractivity contribution is 5.86. The van der Waals surface area contributed by atoms with Crippen LogP contribution in [-0.2, 0) is 16.0 Å². The molecule has 0 aliphatic heterocycles. The minimum Gasteiger partial charge on any atom is -0.497 e. The van der Waals surface area contributed by atoms with Crippen molar-refractivity contribution in [3.8, 4) is 11.5 Å². The molecule has 6 heteroatoms. The number of benzene rings is 4. The zero-order valence-electron chi connectivity index (χ0n) is 23.0. The lowest BCUT2D eigenvalue weighted by Crippen LogP contribution is -2.30. The fourth-order valence-corrected chi connectivity index (χ4v) is 4.18. The number of ether oxygens (including phenoxy) is 2. The summed E-state index contributed by atoms with van der Waals surface area (Å²) in [5, 5.41) is 20.1. The van der Waals surface area contributed by atoms with Gasteiger partial charge in [0.15, 0.2) is 0 Å². The van der Waals surface area contributed by atoms with Crippen LogP contribution in [0.4, 0.5) is 0 Å². The molecule has 0 heterocycles. The zero-order chi connectivity index (χ0) is 28.6. The lowest BCUT2D eigenvalue weighted by Gasteiger charge is -2.27. The molecule has 1 unspecified atom stereocenters. The summed E-state index contributed by atoms with van der Waals surface area (Å²) in [7, 11) is 1.63. The third kappa shape index (κ3) is 8.34. The molecule has 4 aromatic carbocycles. The molecule has 0 aromatic heterocycles. The van der Waals surface area contributed by atoms with E-state index in [2.05, 4.69) is 0 Å². The maximum atomic E-state index is 11.0. The van der Waals surface area contributed by atoms with Crippen molar-refractivity contribution in [2.75, 3.05) is 7.11 Å². The predicted molar refractivity (Wildman–Crippen MR) is 154 cm³/mol. The van der Waals surface area contributed by atoms with Gasteiger partial charge >= 0.3 is 11.9 Å². The monoisotopic (exact) mass is 528 g/mol. The predicted octanol–water partition coefficient (Wildman–Crippen LogP) is 7.31. The fraction of sp³-hybridized carbons (Fsp3) is 0.273. The Kier molecular flexibility index (Phi) is 9.72. The minimum absolute atomic E-state index is 0.332. The normalized spacial score (nSPS) is 12.5. The largest absolute Gasteiger partial charge is 0.497 e. The summed E-state index contributed by atoms with van der Waals surface area (Å²) in [6, 6.07) is 28.9. The number of methoxy groups -OCH3 is 1. The number of carbonyl (C=O) groups is 2. The molecular weight excluding hydrogens is 492 g/mol. The van der Waals surface area contributed by atoms with E-state index in [-0.39, 0.29) is 5.60 Å². The molecular formula is C33H36O6. The standard InChI is InChI=1S/C19H22O3.C14H14O3/c1-14(18(20)21)16-11-9-15(10-12-16)13-19(2,3)22-17-7-5-4-6-8-17;1-9(14(15)16)10-3-4-12-8-13(17-2)6-5-11(12)7-10/h4-12,14H,13H2,1-3H3,(H,20,21);3-9H,1-2H3,(H,15,16)/t;9-/m.0/s1. The molecule has 2 N–H and O–H groups in total. The topological polar surface area (TPSA) is 93.1 Å². The van der Waals surface area contributed by atoms with Gasteiger partial charge in [0.25, 0.3) is 0 Å².